The number of carbonyl (C=O) groups is 2. The maximum Gasteiger partial charge on any atom is 0.334 e. The lowest BCUT2D eigenvalue weighted by atomic mass is 9.85. The van der Waals surface area contributed by atoms with Crippen LogP contribution in [-0.4, -0.2) is 140 Å². The van der Waals surface area contributed by atoms with Gasteiger partial charge in [0.15, 0.2) is 18.2 Å². The number of carbonyl (C=O) groups excluding carboxylic acids is 1. The summed E-state index contributed by atoms with van der Waals surface area (Å²) in [4.78, 5) is 24.3. The van der Waals surface area contributed by atoms with Crippen LogP contribution in [0.15, 0.2) is 35.6 Å². The van der Waals surface area contributed by atoms with Crippen LogP contribution < -0.4 is 0 Å². The van der Waals surface area contributed by atoms with E-state index in [4.69, 9.17) is 33.5 Å². The van der Waals surface area contributed by atoms with E-state index in [-0.39, 0.29) is 35.7 Å². The Morgan fingerprint density at radius 3 is 2.49 bits per heavy atom. The first kappa shape index (κ1) is 37.3. The van der Waals surface area contributed by atoms with Crippen molar-refractivity contribution < 1.29 is 78.9 Å². The van der Waals surface area contributed by atoms with E-state index in [0.29, 0.717) is 12.8 Å². The second kappa shape index (κ2) is 15.8. The first-order chi connectivity index (χ1) is 22.2. The molecule has 266 valence electrons. The van der Waals surface area contributed by atoms with Crippen molar-refractivity contribution in [2.75, 3.05) is 26.4 Å². The number of esters is 1. The average molecular weight is 675 g/mol. The van der Waals surface area contributed by atoms with Crippen molar-refractivity contribution in [2.24, 2.45) is 17.8 Å². The molecule has 1 saturated carbocycles. The highest BCUT2D eigenvalue weighted by Crippen LogP contribution is 2.47. The van der Waals surface area contributed by atoms with Crippen LogP contribution in [0, 0.1) is 17.8 Å². The Balaban J connectivity index is 1.43. The summed E-state index contributed by atoms with van der Waals surface area (Å²) in [5, 5.41) is 82.3. The number of aliphatic carboxylic acids is 1. The largest absolute Gasteiger partial charge is 0.478 e. The highest BCUT2D eigenvalue weighted by Gasteiger charge is 2.56. The fourth-order valence-corrected chi connectivity index (χ4v) is 6.17. The fourth-order valence-electron chi connectivity index (χ4n) is 6.17. The van der Waals surface area contributed by atoms with Gasteiger partial charge >= 0.3 is 11.9 Å². The van der Waals surface area contributed by atoms with Gasteiger partial charge in [-0.2, -0.15) is 0 Å². The molecule has 47 heavy (non-hydrogen) atoms. The smallest absolute Gasteiger partial charge is 0.334 e. The lowest BCUT2D eigenvalue weighted by Gasteiger charge is -2.44. The predicted molar refractivity (Wildman–Crippen MR) is 157 cm³/mol. The standard InChI is InChI=1S/C31H46O16/c1-14(7-8-32)5-4-6-15(2)27(40)43-12-31(41)13-44-30(25(31)37)46-24-23(36)22(35)20(10-33)45-29(24)47-28-21-16(3)19(34)9-17(21)18(11-42-28)26(38)39/h6,11,14,17,19-25,28-30,32-37,41H,3-5,7-10,12-13H2,1-2H3,(H,38,39)/b15-6+/t14-,17+,19-,20+,21+,22+,23-,24+,25-,28-,29-,30+,31+/m0/s1. The van der Waals surface area contributed by atoms with E-state index in [9.17, 15) is 45.3 Å². The normalized spacial score (nSPS) is 39.6. The minimum absolute atomic E-state index is 0.0430. The van der Waals surface area contributed by atoms with Crippen LogP contribution in [0.3, 0.4) is 0 Å². The zero-order valence-corrected chi connectivity index (χ0v) is 26.3. The molecule has 1 aliphatic carbocycles. The monoisotopic (exact) mass is 674 g/mol. The van der Waals surface area contributed by atoms with E-state index >= 15 is 0 Å². The molecule has 4 rings (SSSR count). The van der Waals surface area contributed by atoms with Crippen molar-refractivity contribution in [1.82, 2.24) is 0 Å². The Bertz CT molecular complexity index is 1190. The highest BCUT2D eigenvalue weighted by atomic mass is 16.8. The molecule has 0 spiro atoms. The zero-order chi connectivity index (χ0) is 34.6. The molecule has 3 heterocycles. The van der Waals surface area contributed by atoms with Crippen LogP contribution in [0.2, 0.25) is 0 Å². The van der Waals surface area contributed by atoms with Gasteiger partial charge in [0.05, 0.1) is 37.1 Å². The summed E-state index contributed by atoms with van der Waals surface area (Å²) in [6.45, 7) is 5.51. The van der Waals surface area contributed by atoms with Gasteiger partial charge in [0.2, 0.25) is 6.29 Å². The first-order valence-corrected chi connectivity index (χ1v) is 15.6. The fraction of sp³-hybridized carbons (Fsp3) is 0.742. The molecule has 2 saturated heterocycles. The molecular weight excluding hydrogens is 628 g/mol. The van der Waals surface area contributed by atoms with Crippen molar-refractivity contribution >= 4 is 11.9 Å². The van der Waals surface area contributed by atoms with E-state index < -0.39 is 105 Å². The van der Waals surface area contributed by atoms with Gasteiger partial charge in [0.25, 0.3) is 0 Å². The Kier molecular flexibility index (Phi) is 12.6. The third-order valence-electron chi connectivity index (χ3n) is 9.23. The topological polar surface area (TPSA) is 251 Å². The number of rotatable bonds is 14. The third-order valence-corrected chi connectivity index (χ3v) is 9.23. The summed E-state index contributed by atoms with van der Waals surface area (Å²) >= 11 is 0. The number of fused-ring (bicyclic) bond motifs is 1. The van der Waals surface area contributed by atoms with Crippen molar-refractivity contribution in [3.05, 3.63) is 35.6 Å². The Morgan fingerprint density at radius 2 is 1.83 bits per heavy atom. The minimum Gasteiger partial charge on any atom is -0.478 e. The van der Waals surface area contributed by atoms with Crippen molar-refractivity contribution in [3.63, 3.8) is 0 Å². The van der Waals surface area contributed by atoms with Gasteiger partial charge in [-0.05, 0) is 44.1 Å². The summed E-state index contributed by atoms with van der Waals surface area (Å²) in [7, 11) is 0. The second-order valence-electron chi connectivity index (χ2n) is 12.7. The molecular formula is C31H46O16. The molecule has 8 N–H and O–H groups in total. The Hall–Kier alpha value is -2.48. The number of ether oxygens (including phenoxy) is 6. The van der Waals surface area contributed by atoms with Gasteiger partial charge in [-0.25, -0.2) is 9.59 Å². The summed E-state index contributed by atoms with van der Waals surface area (Å²) in [5.74, 6) is -3.30. The van der Waals surface area contributed by atoms with Crippen LogP contribution in [0.4, 0.5) is 0 Å². The highest BCUT2D eigenvalue weighted by molar-refractivity contribution is 5.88. The molecule has 3 aliphatic heterocycles. The van der Waals surface area contributed by atoms with E-state index in [1.54, 1.807) is 13.0 Å². The lowest BCUT2D eigenvalue weighted by molar-refractivity contribution is -0.363. The summed E-state index contributed by atoms with van der Waals surface area (Å²) < 4.78 is 33.7. The first-order valence-electron chi connectivity index (χ1n) is 15.6. The quantitative estimate of drug-likeness (QED) is 0.0589. The summed E-state index contributed by atoms with van der Waals surface area (Å²) in [6, 6.07) is 0. The molecule has 0 bridgehead atoms. The number of carboxylic acid groups (broad SMARTS) is 1. The molecule has 0 aromatic heterocycles. The SMILES string of the molecule is C=C1[C@H]2[C@H](O[C@@H]3O[C@H](CO)[C@@H](O)[C@H](O)[C@H]3O[C@H]3OC[C@](O)(COC(=O)/C(C)=C/CC[C@H](C)CCO)[C@H]3O)OC=C(C(=O)O)[C@H]2C[C@@H]1O. The van der Waals surface area contributed by atoms with Crippen LogP contribution in [0.5, 0.6) is 0 Å². The molecule has 0 unspecified atom stereocenters. The molecule has 0 amide bonds. The molecule has 13 atom stereocenters. The number of aliphatic hydroxyl groups excluding tert-OH is 6. The average Bonchev–Trinajstić information content (AvgIpc) is 3.49. The van der Waals surface area contributed by atoms with Crippen LogP contribution in [0.25, 0.3) is 0 Å². The van der Waals surface area contributed by atoms with E-state index in [1.165, 1.54) is 0 Å². The van der Waals surface area contributed by atoms with E-state index in [0.717, 1.165) is 12.7 Å². The van der Waals surface area contributed by atoms with Crippen LogP contribution >= 0.6 is 0 Å². The van der Waals surface area contributed by atoms with Gasteiger partial charge in [-0.15, -0.1) is 0 Å². The third kappa shape index (κ3) is 8.22. The molecule has 3 fully saturated rings. The number of hydrogen-bond donors (Lipinski definition) is 8. The molecule has 16 nitrogen and oxygen atoms in total. The Labute approximate surface area is 271 Å². The maximum atomic E-state index is 12.5. The van der Waals surface area contributed by atoms with E-state index in [1.807, 2.05) is 6.92 Å². The maximum absolute atomic E-state index is 12.5. The predicted octanol–water partition coefficient (Wildman–Crippen LogP) is -1.56. The molecule has 0 radical (unpaired) electrons. The number of aliphatic hydroxyl groups is 7. The van der Waals surface area contributed by atoms with Crippen LogP contribution in [0.1, 0.15) is 39.5 Å². The van der Waals surface area contributed by atoms with Crippen LogP contribution in [-0.2, 0) is 38.0 Å². The van der Waals surface area contributed by atoms with Crippen molar-refractivity contribution in [1.29, 1.82) is 0 Å². The minimum atomic E-state index is -2.12. The van der Waals surface area contributed by atoms with Gasteiger partial charge in [-0.1, -0.05) is 19.6 Å². The van der Waals surface area contributed by atoms with Crippen molar-refractivity contribution in [3.8, 4) is 0 Å². The molecule has 16 heteroatoms. The number of allylic oxidation sites excluding steroid dienone is 1. The Morgan fingerprint density at radius 1 is 1.11 bits per heavy atom. The second-order valence-corrected chi connectivity index (χ2v) is 12.7. The molecule has 4 aliphatic rings. The summed E-state index contributed by atoms with van der Waals surface area (Å²) in [5.41, 5.74) is -1.69. The van der Waals surface area contributed by atoms with Gasteiger partial charge in [-0.3, -0.25) is 0 Å². The molecule has 0 aromatic carbocycles. The number of hydrogen-bond acceptors (Lipinski definition) is 15. The van der Waals surface area contributed by atoms with Gasteiger partial charge in [0, 0.05) is 18.1 Å². The van der Waals surface area contributed by atoms with Crippen molar-refractivity contribution in [2.45, 2.75) is 101 Å². The number of carboxylic acids is 1. The lowest BCUT2D eigenvalue weighted by Crippen LogP contribution is -2.62. The van der Waals surface area contributed by atoms with E-state index in [2.05, 4.69) is 6.58 Å². The van der Waals surface area contributed by atoms with Gasteiger partial charge < -0.3 is 69.3 Å². The van der Waals surface area contributed by atoms with Gasteiger partial charge in [0.1, 0.15) is 37.1 Å². The zero-order valence-electron chi connectivity index (χ0n) is 26.3. The summed E-state index contributed by atoms with van der Waals surface area (Å²) in [6.07, 6.45) is -9.20. The molecule has 0 aromatic rings.